The minimum absolute atomic E-state index is 0.0997. The van der Waals surface area contributed by atoms with Gasteiger partial charge < -0.3 is 14.2 Å². The van der Waals surface area contributed by atoms with Crippen molar-refractivity contribution >= 4 is 18.5 Å². The number of hydrogen-bond donors (Lipinski definition) is 0. The SMILES string of the molecule is C#C[C@H]1CCCN1c1ncc(B2OC(C)(C)C(C)(C)O2)cn1. The fourth-order valence-electron chi connectivity index (χ4n) is 2.76. The Balaban J connectivity index is 1.77. The van der Waals surface area contributed by atoms with Gasteiger partial charge in [0.15, 0.2) is 0 Å². The van der Waals surface area contributed by atoms with E-state index in [2.05, 4.69) is 20.8 Å². The first-order valence-corrected chi connectivity index (χ1v) is 7.74. The highest BCUT2D eigenvalue weighted by molar-refractivity contribution is 6.61. The standard InChI is InChI=1S/C16H22BN3O2/c1-6-13-8-7-9-20(13)14-18-10-12(11-19-14)17-21-15(2,3)16(4,5)22-17/h1,10-11,13H,7-9H2,2-5H3/t13-/m0/s1. The van der Waals surface area contributed by atoms with Crippen molar-refractivity contribution in [2.75, 3.05) is 11.4 Å². The third kappa shape index (κ3) is 2.49. The summed E-state index contributed by atoms with van der Waals surface area (Å²) in [5, 5.41) is 0. The Morgan fingerprint density at radius 2 is 1.82 bits per heavy atom. The third-order valence-electron chi connectivity index (χ3n) is 4.89. The minimum Gasteiger partial charge on any atom is -0.399 e. The molecule has 0 aromatic carbocycles. The lowest BCUT2D eigenvalue weighted by Gasteiger charge is -2.32. The van der Waals surface area contributed by atoms with Gasteiger partial charge in [0, 0.05) is 24.4 Å². The molecule has 2 aliphatic rings. The second-order valence-corrected chi connectivity index (χ2v) is 6.92. The summed E-state index contributed by atoms with van der Waals surface area (Å²) in [7, 11) is -0.430. The highest BCUT2D eigenvalue weighted by atomic mass is 16.7. The smallest absolute Gasteiger partial charge is 0.399 e. The van der Waals surface area contributed by atoms with E-state index in [4.69, 9.17) is 15.7 Å². The Morgan fingerprint density at radius 1 is 1.23 bits per heavy atom. The van der Waals surface area contributed by atoms with Gasteiger partial charge in [0.2, 0.25) is 5.95 Å². The molecule has 0 N–H and O–H groups in total. The summed E-state index contributed by atoms with van der Waals surface area (Å²) in [5.74, 6) is 3.48. The zero-order valence-electron chi connectivity index (χ0n) is 13.7. The number of terminal acetylenes is 1. The molecule has 0 unspecified atom stereocenters. The van der Waals surface area contributed by atoms with E-state index < -0.39 is 7.12 Å². The van der Waals surface area contributed by atoms with E-state index in [9.17, 15) is 0 Å². The van der Waals surface area contributed by atoms with Crippen molar-refractivity contribution in [1.29, 1.82) is 0 Å². The molecule has 1 aromatic rings. The van der Waals surface area contributed by atoms with E-state index in [1.807, 2.05) is 27.7 Å². The quantitative estimate of drug-likeness (QED) is 0.610. The maximum atomic E-state index is 6.01. The number of rotatable bonds is 2. The predicted molar refractivity (Wildman–Crippen MR) is 86.9 cm³/mol. The average molecular weight is 299 g/mol. The molecular formula is C16H22BN3O2. The van der Waals surface area contributed by atoms with E-state index in [0.29, 0.717) is 5.95 Å². The monoisotopic (exact) mass is 299 g/mol. The van der Waals surface area contributed by atoms with Crippen molar-refractivity contribution in [3.8, 4) is 12.3 Å². The summed E-state index contributed by atoms with van der Waals surface area (Å²) in [6.07, 6.45) is 11.2. The fourth-order valence-corrected chi connectivity index (χ4v) is 2.76. The summed E-state index contributed by atoms with van der Waals surface area (Å²) in [5.41, 5.74) is 0.110. The Bertz CT molecular complexity index is 578. The maximum Gasteiger partial charge on any atom is 0.498 e. The molecule has 2 saturated heterocycles. The van der Waals surface area contributed by atoms with Crippen LogP contribution in [0.2, 0.25) is 0 Å². The van der Waals surface area contributed by atoms with Crippen LogP contribution in [0.3, 0.4) is 0 Å². The van der Waals surface area contributed by atoms with Crippen LogP contribution >= 0.6 is 0 Å². The lowest BCUT2D eigenvalue weighted by atomic mass is 9.81. The molecule has 1 aromatic heterocycles. The van der Waals surface area contributed by atoms with E-state index >= 15 is 0 Å². The van der Waals surface area contributed by atoms with Crippen molar-refractivity contribution in [2.45, 2.75) is 57.8 Å². The molecule has 2 fully saturated rings. The molecule has 0 amide bonds. The molecule has 3 rings (SSSR count). The van der Waals surface area contributed by atoms with Crippen LogP contribution in [0.25, 0.3) is 0 Å². The lowest BCUT2D eigenvalue weighted by Crippen LogP contribution is -2.41. The molecule has 5 nitrogen and oxygen atoms in total. The van der Waals surface area contributed by atoms with Crippen LogP contribution in [-0.2, 0) is 9.31 Å². The van der Waals surface area contributed by atoms with Gasteiger partial charge >= 0.3 is 7.12 Å². The van der Waals surface area contributed by atoms with E-state index in [1.54, 1.807) is 12.4 Å². The lowest BCUT2D eigenvalue weighted by molar-refractivity contribution is 0.00578. The van der Waals surface area contributed by atoms with Crippen LogP contribution in [0.5, 0.6) is 0 Å². The van der Waals surface area contributed by atoms with Crippen molar-refractivity contribution in [3.05, 3.63) is 12.4 Å². The first-order chi connectivity index (χ1) is 10.3. The van der Waals surface area contributed by atoms with Crippen molar-refractivity contribution < 1.29 is 9.31 Å². The Kier molecular flexibility index (Phi) is 3.66. The molecule has 2 aliphatic heterocycles. The first kappa shape index (κ1) is 15.3. The van der Waals surface area contributed by atoms with Crippen molar-refractivity contribution in [1.82, 2.24) is 9.97 Å². The molecule has 22 heavy (non-hydrogen) atoms. The van der Waals surface area contributed by atoms with Crippen LogP contribution in [-0.4, -0.2) is 40.9 Å². The summed E-state index contributed by atoms with van der Waals surface area (Å²) in [6, 6.07) is 0.0997. The van der Waals surface area contributed by atoms with Crippen LogP contribution < -0.4 is 10.4 Å². The molecule has 3 heterocycles. The van der Waals surface area contributed by atoms with Crippen LogP contribution in [0.15, 0.2) is 12.4 Å². The first-order valence-electron chi connectivity index (χ1n) is 7.74. The topological polar surface area (TPSA) is 47.5 Å². The van der Waals surface area contributed by atoms with Gasteiger partial charge in [-0.05, 0) is 40.5 Å². The van der Waals surface area contributed by atoms with Gasteiger partial charge in [-0.1, -0.05) is 5.92 Å². The Morgan fingerprint density at radius 3 is 2.36 bits per heavy atom. The van der Waals surface area contributed by atoms with Gasteiger partial charge in [0.25, 0.3) is 0 Å². The normalized spacial score (nSPS) is 26.2. The molecule has 0 bridgehead atoms. The average Bonchev–Trinajstić information content (AvgIpc) is 3.02. The zero-order valence-corrected chi connectivity index (χ0v) is 13.7. The van der Waals surface area contributed by atoms with Crippen LogP contribution in [0.1, 0.15) is 40.5 Å². The van der Waals surface area contributed by atoms with Gasteiger partial charge in [0.05, 0.1) is 17.2 Å². The molecule has 0 radical (unpaired) electrons. The zero-order chi connectivity index (χ0) is 16.0. The predicted octanol–water partition coefficient (Wildman–Crippen LogP) is 1.38. The summed E-state index contributed by atoms with van der Waals surface area (Å²) >= 11 is 0. The largest absolute Gasteiger partial charge is 0.498 e. The summed E-state index contributed by atoms with van der Waals surface area (Å²) < 4.78 is 12.0. The Labute approximate surface area is 132 Å². The van der Waals surface area contributed by atoms with Gasteiger partial charge in [-0.15, -0.1) is 6.42 Å². The highest BCUT2D eigenvalue weighted by Gasteiger charge is 2.52. The molecule has 6 heteroatoms. The number of aromatic nitrogens is 2. The third-order valence-corrected chi connectivity index (χ3v) is 4.89. The second kappa shape index (κ2) is 5.25. The van der Waals surface area contributed by atoms with Gasteiger partial charge in [0.1, 0.15) is 0 Å². The molecule has 0 aliphatic carbocycles. The van der Waals surface area contributed by atoms with Crippen molar-refractivity contribution in [2.24, 2.45) is 0 Å². The molecule has 0 saturated carbocycles. The molecule has 1 atom stereocenters. The van der Waals surface area contributed by atoms with E-state index in [0.717, 1.165) is 24.8 Å². The number of hydrogen-bond acceptors (Lipinski definition) is 5. The molecule has 0 spiro atoms. The van der Waals surface area contributed by atoms with Gasteiger partial charge in [-0.2, -0.15) is 0 Å². The maximum absolute atomic E-state index is 6.01. The Hall–Kier alpha value is -1.58. The molecule has 116 valence electrons. The number of nitrogens with zero attached hydrogens (tertiary/aromatic N) is 3. The van der Waals surface area contributed by atoms with Gasteiger partial charge in [-0.3, -0.25) is 0 Å². The minimum atomic E-state index is -0.430. The highest BCUT2D eigenvalue weighted by Crippen LogP contribution is 2.36. The number of anilines is 1. The van der Waals surface area contributed by atoms with E-state index in [1.165, 1.54) is 0 Å². The van der Waals surface area contributed by atoms with E-state index in [-0.39, 0.29) is 17.2 Å². The van der Waals surface area contributed by atoms with Crippen LogP contribution in [0.4, 0.5) is 5.95 Å². The summed E-state index contributed by atoms with van der Waals surface area (Å²) in [6.45, 7) is 9.03. The summed E-state index contributed by atoms with van der Waals surface area (Å²) in [4.78, 5) is 11.0. The van der Waals surface area contributed by atoms with Crippen molar-refractivity contribution in [3.63, 3.8) is 0 Å². The van der Waals surface area contributed by atoms with Gasteiger partial charge in [-0.25, -0.2) is 9.97 Å². The van der Waals surface area contributed by atoms with Crippen LogP contribution in [0, 0.1) is 12.3 Å². The fraction of sp³-hybridized carbons (Fsp3) is 0.625. The molecular weight excluding hydrogens is 277 g/mol. The second-order valence-electron chi connectivity index (χ2n) is 6.92.